The summed E-state index contributed by atoms with van der Waals surface area (Å²) in [6.45, 7) is 2.79. The molecule has 7 nitrogen and oxygen atoms in total. The van der Waals surface area contributed by atoms with E-state index in [2.05, 4.69) is 20.8 Å². The van der Waals surface area contributed by atoms with Crippen LogP contribution in [-0.2, 0) is 6.54 Å². The van der Waals surface area contributed by atoms with Crippen LogP contribution in [0.15, 0.2) is 42.5 Å². The number of anilines is 1. The zero-order valence-electron chi connectivity index (χ0n) is 12.6. The Morgan fingerprint density at radius 3 is 2.96 bits per heavy atom. The minimum absolute atomic E-state index is 0.278. The molecule has 4 rings (SSSR count). The highest BCUT2D eigenvalue weighted by Crippen LogP contribution is 2.35. The lowest BCUT2D eigenvalue weighted by Gasteiger charge is -2.10. The molecule has 1 N–H and O–H groups in total. The Kier molecular flexibility index (Phi) is 3.30. The number of hydrogen-bond acceptors (Lipinski definition) is 6. The van der Waals surface area contributed by atoms with Crippen molar-refractivity contribution in [1.82, 2.24) is 20.2 Å². The number of fused-ring (bicyclic) bond motifs is 1. The molecule has 0 aliphatic carbocycles. The van der Waals surface area contributed by atoms with E-state index in [1.165, 1.54) is 0 Å². The molecule has 1 aromatic heterocycles. The average Bonchev–Trinajstić information content (AvgIpc) is 3.22. The third-order valence-electron chi connectivity index (χ3n) is 3.68. The topological polar surface area (TPSA) is 74.1 Å². The second-order valence-corrected chi connectivity index (χ2v) is 5.19. The van der Waals surface area contributed by atoms with Gasteiger partial charge in [-0.3, -0.25) is 0 Å². The number of benzene rings is 2. The Bertz CT molecular complexity index is 846. The summed E-state index contributed by atoms with van der Waals surface area (Å²) >= 11 is 0. The number of tetrazole rings is 1. The number of aryl methyl sites for hydroxylation is 1. The lowest BCUT2D eigenvalue weighted by Crippen LogP contribution is -2.03. The molecule has 23 heavy (non-hydrogen) atoms. The van der Waals surface area contributed by atoms with Crippen molar-refractivity contribution < 1.29 is 9.47 Å². The molecule has 0 amide bonds. The number of rotatable bonds is 4. The minimum atomic E-state index is 0.278. The fourth-order valence-electron chi connectivity index (χ4n) is 2.55. The third kappa shape index (κ3) is 2.57. The molecule has 1 aliphatic rings. The highest BCUT2D eigenvalue weighted by Gasteiger charge is 2.16. The normalized spacial score (nSPS) is 12.4. The van der Waals surface area contributed by atoms with Gasteiger partial charge in [0, 0.05) is 17.8 Å². The summed E-state index contributed by atoms with van der Waals surface area (Å²) in [5, 5.41) is 15.0. The summed E-state index contributed by atoms with van der Waals surface area (Å²) in [6.07, 6.45) is 0. The number of aromatic nitrogens is 4. The zero-order chi connectivity index (χ0) is 15.6. The predicted octanol–water partition coefficient (Wildman–Crippen LogP) is 2.31. The van der Waals surface area contributed by atoms with E-state index >= 15 is 0 Å². The molecule has 116 valence electrons. The first-order valence-electron chi connectivity index (χ1n) is 7.28. The quantitative estimate of drug-likeness (QED) is 0.797. The van der Waals surface area contributed by atoms with E-state index in [1.54, 1.807) is 4.68 Å². The van der Waals surface area contributed by atoms with E-state index in [0.717, 1.165) is 34.3 Å². The van der Waals surface area contributed by atoms with Crippen LogP contribution in [0.3, 0.4) is 0 Å². The van der Waals surface area contributed by atoms with Crippen LogP contribution in [0.5, 0.6) is 11.5 Å². The van der Waals surface area contributed by atoms with Gasteiger partial charge < -0.3 is 14.8 Å². The molecule has 7 heteroatoms. The van der Waals surface area contributed by atoms with Crippen molar-refractivity contribution in [3.05, 3.63) is 53.9 Å². The van der Waals surface area contributed by atoms with Gasteiger partial charge in [-0.15, -0.1) is 5.10 Å². The van der Waals surface area contributed by atoms with Crippen LogP contribution in [0.4, 0.5) is 5.69 Å². The summed E-state index contributed by atoms with van der Waals surface area (Å²) in [5.41, 5.74) is 2.95. The van der Waals surface area contributed by atoms with E-state index in [-0.39, 0.29) is 6.79 Å². The van der Waals surface area contributed by atoms with Crippen molar-refractivity contribution in [2.75, 3.05) is 12.1 Å². The van der Waals surface area contributed by atoms with Gasteiger partial charge in [-0.2, -0.15) is 4.68 Å². The second kappa shape index (κ2) is 5.60. The summed E-state index contributed by atoms with van der Waals surface area (Å²) in [6, 6.07) is 13.8. The zero-order valence-corrected chi connectivity index (χ0v) is 12.6. The van der Waals surface area contributed by atoms with Crippen LogP contribution in [0.2, 0.25) is 0 Å². The number of hydrogen-bond donors (Lipinski definition) is 1. The Balaban J connectivity index is 1.54. The molecular weight excluding hydrogens is 294 g/mol. The highest BCUT2D eigenvalue weighted by molar-refractivity contribution is 5.53. The molecule has 0 unspecified atom stereocenters. The second-order valence-electron chi connectivity index (χ2n) is 5.19. The lowest BCUT2D eigenvalue weighted by molar-refractivity contribution is 0.173. The molecule has 0 bridgehead atoms. The average molecular weight is 309 g/mol. The molecule has 0 radical (unpaired) electrons. The number of nitrogens with zero attached hydrogens (tertiary/aromatic N) is 4. The van der Waals surface area contributed by atoms with Gasteiger partial charge in [-0.05, 0) is 41.6 Å². The molecule has 0 saturated carbocycles. The van der Waals surface area contributed by atoms with Crippen LogP contribution < -0.4 is 14.8 Å². The molecule has 0 spiro atoms. The standard InChI is InChI=1S/C16H15N5O2/c1-11-18-19-20-21(11)14-6-3-5-13(8-14)17-9-12-4-2-7-15-16(12)23-10-22-15/h2-8,17H,9-10H2,1H3. The van der Waals surface area contributed by atoms with Crippen LogP contribution in [-0.4, -0.2) is 27.0 Å². The first kappa shape index (κ1) is 13.6. The Hall–Kier alpha value is -3.09. The van der Waals surface area contributed by atoms with Crippen molar-refractivity contribution in [2.24, 2.45) is 0 Å². The van der Waals surface area contributed by atoms with Gasteiger partial charge >= 0.3 is 0 Å². The van der Waals surface area contributed by atoms with Crippen molar-refractivity contribution >= 4 is 5.69 Å². The van der Waals surface area contributed by atoms with Crippen molar-refractivity contribution in [1.29, 1.82) is 0 Å². The van der Waals surface area contributed by atoms with Crippen molar-refractivity contribution in [3.8, 4) is 17.2 Å². The number of para-hydroxylation sites is 1. The molecular formula is C16H15N5O2. The van der Waals surface area contributed by atoms with Crippen LogP contribution >= 0.6 is 0 Å². The van der Waals surface area contributed by atoms with Gasteiger partial charge in [0.15, 0.2) is 17.3 Å². The number of nitrogens with one attached hydrogen (secondary N) is 1. The van der Waals surface area contributed by atoms with Gasteiger partial charge in [-0.25, -0.2) is 0 Å². The smallest absolute Gasteiger partial charge is 0.231 e. The molecule has 2 heterocycles. The first-order chi connectivity index (χ1) is 11.3. The predicted molar refractivity (Wildman–Crippen MR) is 83.8 cm³/mol. The van der Waals surface area contributed by atoms with Crippen LogP contribution in [0, 0.1) is 6.92 Å². The first-order valence-corrected chi connectivity index (χ1v) is 7.28. The van der Waals surface area contributed by atoms with E-state index < -0.39 is 0 Å². The minimum Gasteiger partial charge on any atom is -0.454 e. The maximum atomic E-state index is 5.52. The van der Waals surface area contributed by atoms with E-state index in [1.807, 2.05) is 49.4 Å². The lowest BCUT2D eigenvalue weighted by atomic mass is 10.2. The largest absolute Gasteiger partial charge is 0.454 e. The van der Waals surface area contributed by atoms with Crippen LogP contribution in [0.1, 0.15) is 11.4 Å². The van der Waals surface area contributed by atoms with E-state index in [4.69, 9.17) is 9.47 Å². The van der Waals surface area contributed by atoms with Gasteiger partial charge in [0.2, 0.25) is 6.79 Å². The van der Waals surface area contributed by atoms with Gasteiger partial charge in [0.1, 0.15) is 0 Å². The van der Waals surface area contributed by atoms with Gasteiger partial charge in [-0.1, -0.05) is 18.2 Å². The Morgan fingerprint density at radius 1 is 1.17 bits per heavy atom. The Morgan fingerprint density at radius 2 is 2.09 bits per heavy atom. The van der Waals surface area contributed by atoms with Crippen molar-refractivity contribution in [3.63, 3.8) is 0 Å². The van der Waals surface area contributed by atoms with Gasteiger partial charge in [0.05, 0.1) is 5.69 Å². The van der Waals surface area contributed by atoms with Gasteiger partial charge in [0.25, 0.3) is 0 Å². The Labute approximate surface area is 132 Å². The molecule has 3 aromatic rings. The third-order valence-corrected chi connectivity index (χ3v) is 3.68. The maximum Gasteiger partial charge on any atom is 0.231 e. The van der Waals surface area contributed by atoms with E-state index in [9.17, 15) is 0 Å². The highest BCUT2D eigenvalue weighted by atomic mass is 16.7. The fraction of sp³-hybridized carbons (Fsp3) is 0.188. The number of ether oxygens (including phenoxy) is 2. The monoisotopic (exact) mass is 309 g/mol. The summed E-state index contributed by atoms with van der Waals surface area (Å²) in [5.74, 6) is 2.35. The molecule has 2 aromatic carbocycles. The molecule has 0 atom stereocenters. The molecule has 0 fully saturated rings. The summed E-state index contributed by atoms with van der Waals surface area (Å²) in [7, 11) is 0. The molecule has 1 aliphatic heterocycles. The van der Waals surface area contributed by atoms with Crippen LogP contribution in [0.25, 0.3) is 5.69 Å². The van der Waals surface area contributed by atoms with E-state index in [0.29, 0.717) is 6.54 Å². The summed E-state index contributed by atoms with van der Waals surface area (Å²) < 4.78 is 12.6. The maximum absolute atomic E-state index is 5.52. The van der Waals surface area contributed by atoms with Crippen molar-refractivity contribution in [2.45, 2.75) is 13.5 Å². The fourth-order valence-corrected chi connectivity index (χ4v) is 2.55. The summed E-state index contributed by atoms with van der Waals surface area (Å²) in [4.78, 5) is 0. The SMILES string of the molecule is Cc1nnnn1-c1cccc(NCc2cccc3c2OCO3)c1. The molecule has 0 saturated heterocycles.